The van der Waals surface area contributed by atoms with Crippen LogP contribution in [0.2, 0.25) is 5.02 Å². The normalized spacial score (nSPS) is 20.0. The number of rotatable bonds is 2. The predicted octanol–water partition coefficient (Wildman–Crippen LogP) is 3.75. The summed E-state index contributed by atoms with van der Waals surface area (Å²) in [5, 5.41) is 0.373. The standard InChI is InChI=1S/C13H14ClF3N2S/c14-10-6-8(12(18)20)3-4-11(10)19-5-1-2-9(7-19)13(15,16)17/h3-4,6,9H,1-2,5,7H2,(H2,18,20). The van der Waals surface area contributed by atoms with Crippen LogP contribution in [0.1, 0.15) is 18.4 Å². The van der Waals surface area contributed by atoms with Crippen LogP contribution in [-0.4, -0.2) is 24.3 Å². The zero-order chi connectivity index (χ0) is 14.9. The van der Waals surface area contributed by atoms with Crippen LogP contribution in [-0.2, 0) is 0 Å². The van der Waals surface area contributed by atoms with Gasteiger partial charge >= 0.3 is 6.18 Å². The molecule has 2 rings (SSSR count). The van der Waals surface area contributed by atoms with Gasteiger partial charge in [0.2, 0.25) is 0 Å². The van der Waals surface area contributed by atoms with E-state index >= 15 is 0 Å². The number of piperidine rings is 1. The Balaban J connectivity index is 2.21. The van der Waals surface area contributed by atoms with Gasteiger partial charge in [-0.3, -0.25) is 0 Å². The van der Waals surface area contributed by atoms with E-state index in [4.69, 9.17) is 29.6 Å². The molecular weight excluding hydrogens is 309 g/mol. The lowest BCUT2D eigenvalue weighted by Gasteiger charge is -2.35. The first kappa shape index (κ1) is 15.4. The molecule has 0 saturated carbocycles. The number of hydrogen-bond donors (Lipinski definition) is 1. The lowest BCUT2D eigenvalue weighted by Crippen LogP contribution is -2.41. The maximum Gasteiger partial charge on any atom is 0.393 e. The van der Waals surface area contributed by atoms with E-state index in [0.29, 0.717) is 29.2 Å². The summed E-state index contributed by atoms with van der Waals surface area (Å²) < 4.78 is 38.4. The average molecular weight is 323 g/mol. The summed E-state index contributed by atoms with van der Waals surface area (Å²) >= 11 is 11.0. The van der Waals surface area contributed by atoms with E-state index in [9.17, 15) is 13.2 Å². The molecule has 1 atom stereocenters. The van der Waals surface area contributed by atoms with Crippen molar-refractivity contribution < 1.29 is 13.2 Å². The van der Waals surface area contributed by atoms with Crippen LogP contribution in [0.15, 0.2) is 18.2 Å². The number of halogens is 4. The molecule has 0 bridgehead atoms. The van der Waals surface area contributed by atoms with Gasteiger partial charge in [0.1, 0.15) is 4.99 Å². The van der Waals surface area contributed by atoms with Gasteiger partial charge in [-0.15, -0.1) is 0 Å². The van der Waals surface area contributed by atoms with Crippen LogP contribution >= 0.6 is 23.8 Å². The first-order valence-corrected chi connectivity index (χ1v) is 6.98. The molecule has 0 aliphatic carbocycles. The van der Waals surface area contributed by atoms with Gasteiger partial charge in [-0.05, 0) is 31.0 Å². The molecule has 7 heteroatoms. The van der Waals surface area contributed by atoms with E-state index < -0.39 is 12.1 Å². The fourth-order valence-corrected chi connectivity index (χ4v) is 2.81. The van der Waals surface area contributed by atoms with Gasteiger partial charge in [0.15, 0.2) is 0 Å². The van der Waals surface area contributed by atoms with Gasteiger partial charge in [-0.1, -0.05) is 23.8 Å². The minimum absolute atomic E-state index is 0.0599. The molecule has 1 aromatic carbocycles. The van der Waals surface area contributed by atoms with E-state index in [1.165, 1.54) is 0 Å². The molecule has 2 nitrogen and oxygen atoms in total. The second-order valence-electron chi connectivity index (χ2n) is 4.86. The summed E-state index contributed by atoms with van der Waals surface area (Å²) in [4.78, 5) is 1.89. The minimum atomic E-state index is -4.16. The largest absolute Gasteiger partial charge is 0.393 e. The van der Waals surface area contributed by atoms with Crippen LogP contribution in [0.3, 0.4) is 0 Å². The fourth-order valence-electron chi connectivity index (χ4n) is 2.38. The Labute approximate surface area is 125 Å². The van der Waals surface area contributed by atoms with E-state index in [-0.39, 0.29) is 18.0 Å². The van der Waals surface area contributed by atoms with Crippen molar-refractivity contribution in [3.8, 4) is 0 Å². The molecule has 110 valence electrons. The monoisotopic (exact) mass is 322 g/mol. The highest BCUT2D eigenvalue weighted by atomic mass is 35.5. The van der Waals surface area contributed by atoms with Crippen LogP contribution < -0.4 is 10.6 Å². The number of hydrogen-bond acceptors (Lipinski definition) is 2. The van der Waals surface area contributed by atoms with Crippen molar-refractivity contribution in [3.63, 3.8) is 0 Å². The zero-order valence-electron chi connectivity index (χ0n) is 10.6. The molecule has 1 fully saturated rings. The average Bonchev–Trinajstić information content (AvgIpc) is 2.37. The molecular formula is C13H14ClF3N2S. The van der Waals surface area contributed by atoms with E-state index in [0.717, 1.165) is 0 Å². The summed E-state index contributed by atoms with van der Waals surface area (Å²) in [5.41, 5.74) is 6.71. The SMILES string of the molecule is NC(=S)c1ccc(N2CCCC(C(F)(F)F)C2)c(Cl)c1. The summed E-state index contributed by atoms with van der Waals surface area (Å²) in [6.07, 6.45) is -3.50. The molecule has 1 aliphatic heterocycles. The van der Waals surface area contributed by atoms with Crippen LogP contribution in [0.4, 0.5) is 18.9 Å². The molecule has 1 aromatic rings. The first-order valence-electron chi connectivity index (χ1n) is 6.20. The van der Waals surface area contributed by atoms with Gasteiger partial charge in [-0.2, -0.15) is 13.2 Å². The van der Waals surface area contributed by atoms with Crippen LogP contribution in [0, 0.1) is 5.92 Å². The second-order valence-corrected chi connectivity index (χ2v) is 5.70. The second kappa shape index (κ2) is 5.77. The number of anilines is 1. The predicted molar refractivity (Wildman–Crippen MR) is 78.3 cm³/mol. The molecule has 0 aromatic heterocycles. The van der Waals surface area contributed by atoms with Gasteiger partial charge in [-0.25, -0.2) is 0 Å². The fraction of sp³-hybridized carbons (Fsp3) is 0.462. The summed E-state index contributed by atoms with van der Waals surface area (Å²) in [6, 6.07) is 4.95. The molecule has 1 aliphatic rings. The number of nitrogens with two attached hydrogens (primary N) is 1. The first-order chi connectivity index (χ1) is 9.29. The van der Waals surface area contributed by atoms with Crippen molar-refractivity contribution in [2.75, 3.05) is 18.0 Å². The number of benzene rings is 1. The summed E-state index contributed by atoms with van der Waals surface area (Å²) in [6.45, 7) is 0.508. The third kappa shape index (κ3) is 3.35. The van der Waals surface area contributed by atoms with Gasteiger partial charge in [0.05, 0.1) is 16.6 Å². The number of alkyl halides is 3. The molecule has 0 radical (unpaired) electrons. The quantitative estimate of drug-likeness (QED) is 0.841. The number of nitrogens with zero attached hydrogens (tertiary/aromatic N) is 1. The lowest BCUT2D eigenvalue weighted by molar-refractivity contribution is -0.175. The highest BCUT2D eigenvalue weighted by molar-refractivity contribution is 7.80. The third-order valence-electron chi connectivity index (χ3n) is 3.46. The molecule has 0 amide bonds. The Morgan fingerprint density at radius 3 is 2.65 bits per heavy atom. The maximum atomic E-state index is 12.8. The van der Waals surface area contributed by atoms with Crippen molar-refractivity contribution in [3.05, 3.63) is 28.8 Å². The zero-order valence-corrected chi connectivity index (χ0v) is 12.2. The van der Waals surface area contributed by atoms with Crippen molar-refractivity contribution >= 4 is 34.5 Å². The van der Waals surface area contributed by atoms with Gasteiger partial charge in [0, 0.05) is 18.7 Å². The molecule has 20 heavy (non-hydrogen) atoms. The summed E-state index contributed by atoms with van der Waals surface area (Å²) in [5.74, 6) is -1.30. The Morgan fingerprint density at radius 1 is 1.40 bits per heavy atom. The van der Waals surface area contributed by atoms with Crippen LogP contribution in [0.25, 0.3) is 0 Å². The summed E-state index contributed by atoms with van der Waals surface area (Å²) in [7, 11) is 0. The molecule has 2 N–H and O–H groups in total. The van der Waals surface area contributed by atoms with E-state index in [2.05, 4.69) is 0 Å². The Bertz CT molecular complexity index is 519. The van der Waals surface area contributed by atoms with Crippen molar-refractivity contribution in [2.45, 2.75) is 19.0 Å². The Kier molecular flexibility index (Phi) is 4.44. The molecule has 1 heterocycles. The van der Waals surface area contributed by atoms with Crippen molar-refractivity contribution in [1.29, 1.82) is 0 Å². The molecule has 0 spiro atoms. The van der Waals surface area contributed by atoms with Crippen molar-refractivity contribution in [2.24, 2.45) is 11.7 Å². The van der Waals surface area contributed by atoms with Gasteiger partial charge in [0.25, 0.3) is 0 Å². The highest BCUT2D eigenvalue weighted by Gasteiger charge is 2.42. The topological polar surface area (TPSA) is 29.3 Å². The Hall–Kier alpha value is -1.01. The molecule has 1 saturated heterocycles. The lowest BCUT2D eigenvalue weighted by atomic mass is 9.97. The smallest absolute Gasteiger partial charge is 0.389 e. The highest BCUT2D eigenvalue weighted by Crippen LogP contribution is 2.36. The molecule has 1 unspecified atom stereocenters. The Morgan fingerprint density at radius 2 is 2.10 bits per heavy atom. The maximum absolute atomic E-state index is 12.8. The van der Waals surface area contributed by atoms with Crippen LogP contribution in [0.5, 0.6) is 0 Å². The van der Waals surface area contributed by atoms with E-state index in [1.807, 2.05) is 0 Å². The van der Waals surface area contributed by atoms with Gasteiger partial charge < -0.3 is 10.6 Å². The van der Waals surface area contributed by atoms with Crippen molar-refractivity contribution in [1.82, 2.24) is 0 Å². The third-order valence-corrected chi connectivity index (χ3v) is 4.00. The van der Waals surface area contributed by atoms with E-state index in [1.54, 1.807) is 23.1 Å². The minimum Gasteiger partial charge on any atom is -0.389 e. The number of thiocarbonyl (C=S) groups is 1.